The largest absolute Gasteiger partial charge is 0.496 e. The number of thioether (sulfide) groups is 1. The summed E-state index contributed by atoms with van der Waals surface area (Å²) in [6.07, 6.45) is 0. The number of rotatable bonds is 5. The maximum absolute atomic E-state index is 12.8. The van der Waals surface area contributed by atoms with E-state index < -0.39 is 0 Å². The van der Waals surface area contributed by atoms with E-state index in [9.17, 15) is 9.59 Å². The SMILES string of the molecule is CC1=C(C(=O)Nc2ccc(Cl)cc2C(=O)NCc2ccccc2C)SCCO1. The Hall–Kier alpha value is -2.44. The molecule has 2 aromatic carbocycles. The van der Waals surface area contributed by atoms with Crippen LogP contribution in [-0.4, -0.2) is 24.2 Å². The number of carbonyl (C=O) groups excluding carboxylic acids is 2. The fourth-order valence-corrected chi connectivity index (χ4v) is 3.79. The van der Waals surface area contributed by atoms with Crippen molar-refractivity contribution >= 4 is 40.9 Å². The Balaban J connectivity index is 1.77. The Kier molecular flexibility index (Phi) is 6.65. The van der Waals surface area contributed by atoms with Gasteiger partial charge in [0, 0.05) is 17.3 Å². The van der Waals surface area contributed by atoms with Gasteiger partial charge < -0.3 is 15.4 Å². The van der Waals surface area contributed by atoms with Crippen LogP contribution in [0.1, 0.15) is 28.4 Å². The van der Waals surface area contributed by atoms with Gasteiger partial charge in [0.15, 0.2) is 0 Å². The second-order valence-electron chi connectivity index (χ2n) is 6.34. The minimum absolute atomic E-state index is 0.294. The molecule has 7 heteroatoms. The van der Waals surface area contributed by atoms with Crippen LogP contribution < -0.4 is 10.6 Å². The van der Waals surface area contributed by atoms with Crippen molar-refractivity contribution in [3.8, 4) is 0 Å². The zero-order valence-electron chi connectivity index (χ0n) is 15.7. The molecule has 0 radical (unpaired) electrons. The van der Waals surface area contributed by atoms with Crippen molar-refractivity contribution in [2.75, 3.05) is 17.7 Å². The molecule has 146 valence electrons. The Morgan fingerprint density at radius 2 is 1.93 bits per heavy atom. The van der Waals surface area contributed by atoms with Crippen LogP contribution >= 0.6 is 23.4 Å². The number of hydrogen-bond acceptors (Lipinski definition) is 4. The van der Waals surface area contributed by atoms with E-state index in [1.54, 1.807) is 25.1 Å². The molecule has 5 nitrogen and oxygen atoms in total. The summed E-state index contributed by atoms with van der Waals surface area (Å²) >= 11 is 7.53. The first-order valence-electron chi connectivity index (χ1n) is 8.86. The summed E-state index contributed by atoms with van der Waals surface area (Å²) in [5.41, 5.74) is 2.84. The van der Waals surface area contributed by atoms with E-state index in [-0.39, 0.29) is 11.8 Å². The molecule has 1 heterocycles. The number of benzene rings is 2. The smallest absolute Gasteiger partial charge is 0.265 e. The molecule has 0 atom stereocenters. The van der Waals surface area contributed by atoms with E-state index in [0.29, 0.717) is 45.8 Å². The topological polar surface area (TPSA) is 67.4 Å². The first kappa shape index (κ1) is 20.3. The van der Waals surface area contributed by atoms with Crippen LogP contribution in [0.15, 0.2) is 53.1 Å². The van der Waals surface area contributed by atoms with E-state index in [1.165, 1.54) is 11.8 Å². The summed E-state index contributed by atoms with van der Waals surface area (Å²) < 4.78 is 5.44. The Labute approximate surface area is 173 Å². The summed E-state index contributed by atoms with van der Waals surface area (Å²) in [6.45, 7) is 4.73. The average molecular weight is 417 g/mol. The van der Waals surface area contributed by atoms with Crippen molar-refractivity contribution in [2.24, 2.45) is 0 Å². The summed E-state index contributed by atoms with van der Waals surface area (Å²) in [6, 6.07) is 12.7. The Bertz CT molecular complexity index is 943. The lowest BCUT2D eigenvalue weighted by atomic mass is 10.1. The highest BCUT2D eigenvalue weighted by atomic mass is 35.5. The molecule has 0 spiro atoms. The number of aryl methyl sites for hydroxylation is 1. The molecule has 2 N–H and O–H groups in total. The number of nitrogens with one attached hydrogen (secondary N) is 2. The molecule has 0 aromatic heterocycles. The summed E-state index contributed by atoms with van der Waals surface area (Å²) in [7, 11) is 0. The van der Waals surface area contributed by atoms with Crippen LogP contribution in [0.5, 0.6) is 0 Å². The maximum atomic E-state index is 12.8. The molecular formula is C21H21ClN2O3S. The number of allylic oxidation sites excluding steroid dienone is 1. The van der Waals surface area contributed by atoms with Crippen LogP contribution in [0.2, 0.25) is 5.02 Å². The van der Waals surface area contributed by atoms with Crippen molar-refractivity contribution in [1.82, 2.24) is 5.32 Å². The van der Waals surface area contributed by atoms with E-state index in [4.69, 9.17) is 16.3 Å². The van der Waals surface area contributed by atoms with Gasteiger partial charge in [0.1, 0.15) is 10.7 Å². The maximum Gasteiger partial charge on any atom is 0.265 e. The van der Waals surface area contributed by atoms with E-state index >= 15 is 0 Å². The fourth-order valence-electron chi connectivity index (χ4n) is 2.80. The standard InChI is InChI=1S/C21H21ClN2O3S/c1-13-5-3-4-6-15(13)12-23-20(25)17-11-16(22)7-8-18(17)24-21(26)19-14(2)27-9-10-28-19/h3-8,11H,9-10,12H2,1-2H3,(H,23,25)(H,24,26). The zero-order valence-corrected chi connectivity index (χ0v) is 17.2. The van der Waals surface area contributed by atoms with Crippen molar-refractivity contribution in [3.05, 3.63) is 74.8 Å². The third-order valence-electron chi connectivity index (χ3n) is 4.35. The molecule has 3 rings (SSSR count). The number of hydrogen-bond donors (Lipinski definition) is 2. The van der Waals surface area contributed by atoms with Crippen LogP contribution in [0, 0.1) is 6.92 Å². The molecule has 0 saturated heterocycles. The lowest BCUT2D eigenvalue weighted by molar-refractivity contribution is -0.112. The molecule has 28 heavy (non-hydrogen) atoms. The third kappa shape index (κ3) is 4.88. The van der Waals surface area contributed by atoms with E-state index in [0.717, 1.165) is 11.1 Å². The summed E-state index contributed by atoms with van der Waals surface area (Å²) in [5.74, 6) is 0.704. The molecule has 0 aliphatic carbocycles. The highest BCUT2D eigenvalue weighted by Crippen LogP contribution is 2.28. The van der Waals surface area contributed by atoms with E-state index in [2.05, 4.69) is 10.6 Å². The minimum Gasteiger partial charge on any atom is -0.496 e. The van der Waals surface area contributed by atoms with Crippen LogP contribution in [0.4, 0.5) is 5.69 Å². The monoisotopic (exact) mass is 416 g/mol. The van der Waals surface area contributed by atoms with Gasteiger partial charge in [-0.05, 0) is 43.2 Å². The van der Waals surface area contributed by atoms with Gasteiger partial charge in [-0.25, -0.2) is 0 Å². The lowest BCUT2D eigenvalue weighted by Gasteiger charge is -2.18. The number of amides is 2. The number of carbonyl (C=O) groups is 2. The van der Waals surface area contributed by atoms with Crippen molar-refractivity contribution < 1.29 is 14.3 Å². The van der Waals surface area contributed by atoms with Crippen molar-refractivity contribution in [3.63, 3.8) is 0 Å². The number of anilines is 1. The predicted octanol–water partition coefficient (Wildman–Crippen LogP) is 4.51. The van der Waals surface area contributed by atoms with Gasteiger partial charge in [0.25, 0.3) is 11.8 Å². The average Bonchev–Trinajstić information content (AvgIpc) is 2.68. The molecule has 1 aliphatic rings. The van der Waals surface area contributed by atoms with Crippen LogP contribution in [-0.2, 0) is 16.1 Å². The molecule has 1 aliphatic heterocycles. The number of ether oxygens (including phenoxy) is 1. The number of halogens is 1. The van der Waals surface area contributed by atoms with E-state index in [1.807, 2.05) is 31.2 Å². The highest BCUT2D eigenvalue weighted by molar-refractivity contribution is 8.04. The van der Waals surface area contributed by atoms with Crippen LogP contribution in [0.3, 0.4) is 0 Å². The Morgan fingerprint density at radius 1 is 1.14 bits per heavy atom. The minimum atomic E-state index is -0.306. The zero-order chi connectivity index (χ0) is 20.1. The molecule has 0 fully saturated rings. The van der Waals surface area contributed by atoms with Gasteiger partial charge in [0.05, 0.1) is 17.9 Å². The van der Waals surface area contributed by atoms with Gasteiger partial charge in [-0.1, -0.05) is 35.9 Å². The molecule has 2 aromatic rings. The molecule has 0 unspecified atom stereocenters. The molecule has 0 saturated carbocycles. The highest BCUT2D eigenvalue weighted by Gasteiger charge is 2.21. The summed E-state index contributed by atoms with van der Waals surface area (Å²) in [4.78, 5) is 25.9. The quantitative estimate of drug-likeness (QED) is 0.752. The second-order valence-corrected chi connectivity index (χ2v) is 7.88. The van der Waals surface area contributed by atoms with Gasteiger partial charge in [-0.3, -0.25) is 9.59 Å². The second kappa shape index (κ2) is 9.17. The predicted molar refractivity (Wildman–Crippen MR) is 114 cm³/mol. The lowest BCUT2D eigenvalue weighted by Crippen LogP contribution is -2.26. The van der Waals surface area contributed by atoms with Gasteiger partial charge in [0.2, 0.25) is 0 Å². The summed E-state index contributed by atoms with van der Waals surface area (Å²) in [5, 5.41) is 6.13. The van der Waals surface area contributed by atoms with Gasteiger partial charge in [-0.15, -0.1) is 11.8 Å². The first-order chi connectivity index (χ1) is 13.5. The van der Waals surface area contributed by atoms with Crippen LogP contribution in [0.25, 0.3) is 0 Å². The van der Waals surface area contributed by atoms with Gasteiger partial charge in [-0.2, -0.15) is 0 Å². The fraction of sp³-hybridized carbons (Fsp3) is 0.238. The first-order valence-corrected chi connectivity index (χ1v) is 10.2. The molecule has 0 bridgehead atoms. The van der Waals surface area contributed by atoms with Gasteiger partial charge >= 0.3 is 0 Å². The van der Waals surface area contributed by atoms with Crippen molar-refractivity contribution in [1.29, 1.82) is 0 Å². The Morgan fingerprint density at radius 3 is 2.68 bits per heavy atom. The molecule has 2 amide bonds. The van der Waals surface area contributed by atoms with Crippen molar-refractivity contribution in [2.45, 2.75) is 20.4 Å². The normalized spacial score (nSPS) is 13.7. The third-order valence-corrected chi connectivity index (χ3v) is 5.72. The molecular weight excluding hydrogens is 396 g/mol.